The molecule has 0 heterocycles. The highest BCUT2D eigenvalue weighted by Crippen LogP contribution is 2.32. The zero-order chi connectivity index (χ0) is 14.7. The summed E-state index contributed by atoms with van der Waals surface area (Å²) in [5.74, 6) is -6.96. The Morgan fingerprint density at radius 3 is 2.11 bits per heavy atom. The van der Waals surface area contributed by atoms with Gasteiger partial charge in [0.15, 0.2) is 23.2 Å². The van der Waals surface area contributed by atoms with Crippen LogP contribution in [0.2, 0.25) is 10.0 Å². The van der Waals surface area contributed by atoms with Crippen LogP contribution in [0.25, 0.3) is 0 Å². The maximum absolute atomic E-state index is 13.6. The van der Waals surface area contributed by atoms with Crippen LogP contribution in [0.1, 0.15) is 23.7 Å². The molecule has 0 radical (unpaired) electrons. The lowest BCUT2D eigenvalue weighted by Gasteiger charge is -2.08. The molecule has 104 valence electrons. The van der Waals surface area contributed by atoms with Crippen molar-refractivity contribution in [3.63, 3.8) is 0 Å². The van der Waals surface area contributed by atoms with Crippen LogP contribution in [-0.4, -0.2) is 18.4 Å². The second kappa shape index (κ2) is 6.25. The summed E-state index contributed by atoms with van der Waals surface area (Å²) in [6.45, 7) is 1.52. The molecule has 0 aromatic heterocycles. The van der Waals surface area contributed by atoms with Crippen molar-refractivity contribution in [3.05, 3.63) is 33.1 Å². The first-order valence-corrected chi connectivity index (χ1v) is 5.77. The molecule has 0 unspecified atom stereocenters. The minimum Gasteiger partial charge on any atom is -0.466 e. The number of rotatable bonds is 4. The Bertz CT molecular complexity index is 517. The maximum atomic E-state index is 13.6. The van der Waals surface area contributed by atoms with Crippen LogP contribution in [0, 0.1) is 17.5 Å². The van der Waals surface area contributed by atoms with Gasteiger partial charge in [0.05, 0.1) is 17.2 Å². The number of ether oxygens (including phenoxy) is 1. The molecule has 0 spiro atoms. The van der Waals surface area contributed by atoms with E-state index >= 15 is 0 Å². The van der Waals surface area contributed by atoms with Gasteiger partial charge in [0.25, 0.3) is 0 Å². The molecular formula is C11H7Cl2F3O3. The minimum absolute atomic E-state index is 0.0147. The highest BCUT2D eigenvalue weighted by Gasteiger charge is 2.28. The fourth-order valence-electron chi connectivity index (χ4n) is 1.28. The number of hydrogen-bond acceptors (Lipinski definition) is 3. The highest BCUT2D eigenvalue weighted by molar-refractivity contribution is 6.36. The summed E-state index contributed by atoms with van der Waals surface area (Å²) in [5.41, 5.74) is -0.974. The number of ketones is 1. The smallest absolute Gasteiger partial charge is 0.313 e. The lowest BCUT2D eigenvalue weighted by Crippen LogP contribution is -2.14. The van der Waals surface area contributed by atoms with Gasteiger partial charge < -0.3 is 4.74 Å². The third-order valence-electron chi connectivity index (χ3n) is 2.10. The van der Waals surface area contributed by atoms with Crippen LogP contribution in [0.4, 0.5) is 13.2 Å². The Morgan fingerprint density at radius 2 is 1.58 bits per heavy atom. The Balaban J connectivity index is 3.21. The maximum Gasteiger partial charge on any atom is 0.313 e. The van der Waals surface area contributed by atoms with E-state index in [0.717, 1.165) is 0 Å². The molecular weight excluding hydrogens is 308 g/mol. The topological polar surface area (TPSA) is 43.4 Å². The SMILES string of the molecule is CCOC(=O)CC(=O)c1c(F)c(Cl)c(F)c(F)c1Cl. The Morgan fingerprint density at radius 1 is 1.05 bits per heavy atom. The molecule has 0 atom stereocenters. The van der Waals surface area contributed by atoms with Gasteiger partial charge >= 0.3 is 5.97 Å². The third-order valence-corrected chi connectivity index (χ3v) is 2.79. The van der Waals surface area contributed by atoms with Crippen LogP contribution in [-0.2, 0) is 9.53 Å². The van der Waals surface area contributed by atoms with Crippen molar-refractivity contribution in [1.82, 2.24) is 0 Å². The lowest BCUT2D eigenvalue weighted by atomic mass is 10.1. The van der Waals surface area contributed by atoms with Crippen LogP contribution in [0.3, 0.4) is 0 Å². The number of carbonyl (C=O) groups is 2. The minimum atomic E-state index is -1.70. The second-order valence-electron chi connectivity index (χ2n) is 3.35. The van der Waals surface area contributed by atoms with Gasteiger partial charge in [-0.1, -0.05) is 23.2 Å². The fraction of sp³-hybridized carbons (Fsp3) is 0.273. The van der Waals surface area contributed by atoms with E-state index in [2.05, 4.69) is 4.74 Å². The van der Waals surface area contributed by atoms with E-state index < -0.39 is 51.2 Å². The van der Waals surface area contributed by atoms with Crippen molar-refractivity contribution < 1.29 is 27.5 Å². The summed E-state index contributed by atoms with van der Waals surface area (Å²) in [7, 11) is 0. The van der Waals surface area contributed by atoms with Gasteiger partial charge in [0, 0.05) is 0 Å². The first-order chi connectivity index (χ1) is 8.81. The van der Waals surface area contributed by atoms with Gasteiger partial charge in [-0.3, -0.25) is 9.59 Å². The average molecular weight is 315 g/mol. The van der Waals surface area contributed by atoms with E-state index in [-0.39, 0.29) is 6.61 Å². The molecule has 19 heavy (non-hydrogen) atoms. The molecule has 1 aromatic rings. The van der Waals surface area contributed by atoms with Crippen molar-refractivity contribution >= 4 is 35.0 Å². The Labute approximate surface area is 116 Å². The molecule has 0 bridgehead atoms. The third kappa shape index (κ3) is 3.19. The summed E-state index contributed by atoms with van der Waals surface area (Å²) in [6.07, 6.45) is -0.855. The quantitative estimate of drug-likeness (QED) is 0.281. The zero-order valence-corrected chi connectivity index (χ0v) is 11.0. The van der Waals surface area contributed by atoms with Gasteiger partial charge in [-0.25, -0.2) is 13.2 Å². The highest BCUT2D eigenvalue weighted by atomic mass is 35.5. The first kappa shape index (κ1) is 15.8. The first-order valence-electron chi connectivity index (χ1n) is 5.01. The molecule has 0 saturated carbocycles. The van der Waals surface area contributed by atoms with Crippen molar-refractivity contribution in [2.24, 2.45) is 0 Å². The number of hydrogen-bond donors (Lipinski definition) is 0. The summed E-state index contributed by atoms with van der Waals surface area (Å²) >= 11 is 10.5. The zero-order valence-electron chi connectivity index (χ0n) is 9.53. The number of benzene rings is 1. The summed E-state index contributed by atoms with van der Waals surface area (Å²) in [5, 5.41) is -2.26. The van der Waals surface area contributed by atoms with Gasteiger partial charge in [-0.05, 0) is 6.92 Å². The predicted octanol–water partition coefficient (Wildman–Crippen LogP) is 3.55. The van der Waals surface area contributed by atoms with Crippen LogP contribution >= 0.6 is 23.2 Å². The second-order valence-corrected chi connectivity index (χ2v) is 4.11. The van der Waals surface area contributed by atoms with Gasteiger partial charge in [0.1, 0.15) is 11.4 Å². The predicted molar refractivity (Wildman–Crippen MR) is 61.9 cm³/mol. The number of esters is 1. The normalized spacial score (nSPS) is 10.4. The molecule has 3 nitrogen and oxygen atoms in total. The van der Waals surface area contributed by atoms with E-state index in [1.807, 2.05) is 0 Å². The molecule has 8 heteroatoms. The average Bonchev–Trinajstić information content (AvgIpc) is 2.34. The molecule has 0 aliphatic rings. The van der Waals surface area contributed by atoms with E-state index in [1.165, 1.54) is 6.92 Å². The lowest BCUT2D eigenvalue weighted by molar-refractivity contribution is -0.141. The van der Waals surface area contributed by atoms with Crippen molar-refractivity contribution in [2.75, 3.05) is 6.61 Å². The number of carbonyl (C=O) groups excluding carboxylic acids is 2. The Kier molecular flexibility index (Phi) is 5.20. The van der Waals surface area contributed by atoms with Crippen LogP contribution in [0.15, 0.2) is 0 Å². The fourth-order valence-corrected chi connectivity index (χ4v) is 1.73. The van der Waals surface area contributed by atoms with E-state index in [9.17, 15) is 22.8 Å². The largest absolute Gasteiger partial charge is 0.466 e. The molecule has 0 fully saturated rings. The van der Waals surface area contributed by atoms with E-state index in [1.54, 1.807) is 0 Å². The van der Waals surface area contributed by atoms with Gasteiger partial charge in [0.2, 0.25) is 0 Å². The van der Waals surface area contributed by atoms with Crippen molar-refractivity contribution in [2.45, 2.75) is 13.3 Å². The molecule has 0 N–H and O–H groups in total. The van der Waals surface area contributed by atoms with Crippen LogP contribution < -0.4 is 0 Å². The van der Waals surface area contributed by atoms with Crippen molar-refractivity contribution in [1.29, 1.82) is 0 Å². The monoisotopic (exact) mass is 314 g/mol. The van der Waals surface area contributed by atoms with Gasteiger partial charge in [-0.2, -0.15) is 0 Å². The van der Waals surface area contributed by atoms with E-state index in [4.69, 9.17) is 23.2 Å². The number of Topliss-reactive ketones (excluding diaryl/α,β-unsaturated/α-hetero) is 1. The summed E-state index contributed by atoms with van der Waals surface area (Å²) in [4.78, 5) is 22.7. The Hall–Kier alpha value is -1.27. The molecule has 1 rings (SSSR count). The van der Waals surface area contributed by atoms with E-state index in [0.29, 0.717) is 0 Å². The number of halogens is 5. The standard InChI is InChI=1S/C11H7Cl2F3O3/c1-2-19-5(18)3-4(17)6-7(12)10(15)11(16)8(13)9(6)14/h2-3H2,1H3. The molecule has 0 saturated heterocycles. The van der Waals surface area contributed by atoms with Crippen molar-refractivity contribution in [3.8, 4) is 0 Å². The van der Waals surface area contributed by atoms with Gasteiger partial charge in [-0.15, -0.1) is 0 Å². The molecule has 0 amide bonds. The molecule has 0 aliphatic heterocycles. The van der Waals surface area contributed by atoms with Crippen LogP contribution in [0.5, 0.6) is 0 Å². The summed E-state index contributed by atoms with van der Waals surface area (Å²) in [6, 6.07) is 0. The molecule has 1 aromatic carbocycles. The summed E-state index contributed by atoms with van der Waals surface area (Å²) < 4.78 is 44.4. The molecule has 0 aliphatic carbocycles.